The number of guanidine groups is 1. The Morgan fingerprint density at radius 2 is 2.18 bits per heavy atom. The number of halogens is 1. The summed E-state index contributed by atoms with van der Waals surface area (Å²) in [6, 6.07) is 4.18. The first-order valence-corrected chi connectivity index (χ1v) is 10.3. The van der Waals surface area contributed by atoms with Gasteiger partial charge in [-0.1, -0.05) is 0 Å². The number of thiazole rings is 1. The van der Waals surface area contributed by atoms with Crippen molar-refractivity contribution < 1.29 is 9.47 Å². The van der Waals surface area contributed by atoms with E-state index < -0.39 is 0 Å². The minimum Gasteiger partial charge on any atom is -0.494 e. The van der Waals surface area contributed by atoms with Crippen molar-refractivity contribution in [3.63, 3.8) is 0 Å². The summed E-state index contributed by atoms with van der Waals surface area (Å²) in [7, 11) is 0. The summed E-state index contributed by atoms with van der Waals surface area (Å²) in [5.74, 6) is 2.63. The monoisotopic (exact) mass is 516 g/mol. The molecule has 1 aliphatic heterocycles. The number of benzene rings is 1. The second-order valence-corrected chi connectivity index (χ2v) is 7.85. The number of ether oxygens (including phenoxy) is 2. The van der Waals surface area contributed by atoms with E-state index in [0.717, 1.165) is 41.0 Å². The Morgan fingerprint density at radius 1 is 1.36 bits per heavy atom. The first kappa shape index (κ1) is 22.7. The minimum atomic E-state index is 0. The molecule has 0 amide bonds. The molecule has 1 unspecified atom stereocenters. The summed E-state index contributed by atoms with van der Waals surface area (Å²) in [5, 5.41) is 7.73. The minimum absolute atomic E-state index is 0. The summed E-state index contributed by atoms with van der Waals surface area (Å²) in [6.45, 7) is 10.8. The SMILES string of the molecule is CCNC(=NCc1cc2c(cc1OCC)CC(C)O2)NCc1cnc(C)s1.I. The van der Waals surface area contributed by atoms with E-state index >= 15 is 0 Å². The molecule has 1 aliphatic rings. The lowest BCUT2D eigenvalue weighted by atomic mass is 10.1. The van der Waals surface area contributed by atoms with Gasteiger partial charge in [0.25, 0.3) is 0 Å². The quantitative estimate of drug-likeness (QED) is 0.330. The van der Waals surface area contributed by atoms with Gasteiger partial charge in [0.05, 0.1) is 24.7 Å². The maximum atomic E-state index is 5.90. The molecule has 1 atom stereocenters. The van der Waals surface area contributed by atoms with Crippen LogP contribution in [0.1, 0.15) is 41.8 Å². The second kappa shape index (κ2) is 10.8. The lowest BCUT2D eigenvalue weighted by Crippen LogP contribution is -2.36. The van der Waals surface area contributed by atoms with E-state index in [0.29, 0.717) is 19.7 Å². The van der Waals surface area contributed by atoms with Gasteiger partial charge < -0.3 is 20.1 Å². The number of aryl methyl sites for hydroxylation is 1. The Balaban J connectivity index is 0.00000280. The normalized spacial score (nSPS) is 15.4. The van der Waals surface area contributed by atoms with Crippen molar-refractivity contribution in [1.29, 1.82) is 0 Å². The molecule has 0 bridgehead atoms. The fraction of sp³-hybridized carbons (Fsp3) is 0.500. The van der Waals surface area contributed by atoms with Crippen molar-refractivity contribution in [1.82, 2.24) is 15.6 Å². The highest BCUT2D eigenvalue weighted by atomic mass is 127. The van der Waals surface area contributed by atoms with E-state index in [9.17, 15) is 0 Å². The molecule has 3 rings (SSSR count). The van der Waals surface area contributed by atoms with Crippen LogP contribution in [0.3, 0.4) is 0 Å². The molecule has 1 aromatic heterocycles. The number of fused-ring (bicyclic) bond motifs is 1. The molecule has 2 heterocycles. The molecule has 2 N–H and O–H groups in total. The van der Waals surface area contributed by atoms with Crippen LogP contribution >= 0.6 is 35.3 Å². The van der Waals surface area contributed by atoms with Crippen LogP contribution in [0.15, 0.2) is 23.3 Å². The van der Waals surface area contributed by atoms with Gasteiger partial charge in [0, 0.05) is 35.2 Å². The zero-order chi connectivity index (χ0) is 19.2. The molecular weight excluding hydrogens is 487 g/mol. The second-order valence-electron chi connectivity index (χ2n) is 6.53. The Morgan fingerprint density at radius 3 is 2.86 bits per heavy atom. The third-order valence-corrected chi connectivity index (χ3v) is 5.14. The molecule has 2 aromatic rings. The van der Waals surface area contributed by atoms with Gasteiger partial charge in [-0.25, -0.2) is 9.98 Å². The molecule has 0 radical (unpaired) electrons. The lowest BCUT2D eigenvalue weighted by Gasteiger charge is -2.13. The van der Waals surface area contributed by atoms with E-state index in [1.807, 2.05) is 20.0 Å². The summed E-state index contributed by atoms with van der Waals surface area (Å²) < 4.78 is 11.8. The molecule has 0 spiro atoms. The van der Waals surface area contributed by atoms with Crippen LogP contribution in [-0.2, 0) is 19.5 Å². The zero-order valence-electron chi connectivity index (χ0n) is 16.9. The summed E-state index contributed by atoms with van der Waals surface area (Å²) in [4.78, 5) is 10.2. The predicted molar refractivity (Wildman–Crippen MR) is 125 cm³/mol. The van der Waals surface area contributed by atoms with E-state index in [1.54, 1.807) is 11.3 Å². The van der Waals surface area contributed by atoms with Gasteiger partial charge in [-0.2, -0.15) is 0 Å². The van der Waals surface area contributed by atoms with E-state index in [1.165, 1.54) is 10.4 Å². The van der Waals surface area contributed by atoms with Crippen molar-refractivity contribution in [2.75, 3.05) is 13.2 Å². The Bertz CT molecular complexity index is 809. The predicted octanol–water partition coefficient (Wildman–Crippen LogP) is 4.05. The average molecular weight is 516 g/mol. The van der Waals surface area contributed by atoms with Crippen molar-refractivity contribution >= 4 is 41.3 Å². The highest BCUT2D eigenvalue weighted by molar-refractivity contribution is 14.0. The van der Waals surface area contributed by atoms with Crippen LogP contribution in [0.5, 0.6) is 11.5 Å². The van der Waals surface area contributed by atoms with Crippen LogP contribution in [0, 0.1) is 6.92 Å². The third-order valence-electron chi connectivity index (χ3n) is 4.23. The maximum Gasteiger partial charge on any atom is 0.191 e. The van der Waals surface area contributed by atoms with Gasteiger partial charge in [-0.3, -0.25) is 0 Å². The standard InChI is InChI=1S/C20H28N4O2S.HI/c1-5-21-20(24-12-17-11-22-14(4)27-17)23-10-16-9-19-15(7-13(3)26-19)8-18(16)25-6-2;/h8-9,11,13H,5-7,10,12H2,1-4H3,(H2,21,23,24);1H. The Hall–Kier alpha value is -1.55. The number of hydrogen-bond donors (Lipinski definition) is 2. The largest absolute Gasteiger partial charge is 0.494 e. The number of rotatable bonds is 7. The topological polar surface area (TPSA) is 67.8 Å². The summed E-state index contributed by atoms with van der Waals surface area (Å²) in [6.07, 6.45) is 3.05. The molecular formula is C20H29IN4O2S. The maximum absolute atomic E-state index is 5.90. The Kier molecular flexibility index (Phi) is 8.81. The zero-order valence-corrected chi connectivity index (χ0v) is 20.0. The average Bonchev–Trinajstić information content (AvgIpc) is 3.21. The first-order chi connectivity index (χ1) is 13.1. The van der Waals surface area contributed by atoms with Crippen LogP contribution in [0.2, 0.25) is 0 Å². The summed E-state index contributed by atoms with van der Waals surface area (Å²) in [5.41, 5.74) is 2.25. The molecule has 6 nitrogen and oxygen atoms in total. The fourth-order valence-electron chi connectivity index (χ4n) is 3.06. The number of nitrogens with one attached hydrogen (secondary N) is 2. The number of aromatic nitrogens is 1. The highest BCUT2D eigenvalue weighted by Crippen LogP contribution is 2.35. The van der Waals surface area contributed by atoms with Crippen molar-refractivity contribution in [2.24, 2.45) is 4.99 Å². The number of hydrogen-bond acceptors (Lipinski definition) is 5. The Labute approximate surface area is 188 Å². The first-order valence-electron chi connectivity index (χ1n) is 9.47. The number of nitrogens with zero attached hydrogens (tertiary/aromatic N) is 2. The van der Waals surface area contributed by atoms with Gasteiger partial charge in [0.2, 0.25) is 0 Å². The molecule has 0 saturated heterocycles. The van der Waals surface area contributed by atoms with Gasteiger partial charge in [-0.15, -0.1) is 35.3 Å². The van der Waals surface area contributed by atoms with Gasteiger partial charge >= 0.3 is 0 Å². The van der Waals surface area contributed by atoms with E-state index in [4.69, 9.17) is 14.5 Å². The molecule has 8 heteroatoms. The summed E-state index contributed by atoms with van der Waals surface area (Å²) >= 11 is 1.69. The van der Waals surface area contributed by atoms with E-state index in [2.05, 4.69) is 41.6 Å². The van der Waals surface area contributed by atoms with Gasteiger partial charge in [0.15, 0.2) is 5.96 Å². The molecule has 0 aliphatic carbocycles. The van der Waals surface area contributed by atoms with Gasteiger partial charge in [-0.05, 0) is 39.8 Å². The van der Waals surface area contributed by atoms with E-state index in [-0.39, 0.29) is 30.1 Å². The number of aliphatic imine (C=N–C) groups is 1. The molecule has 0 saturated carbocycles. The smallest absolute Gasteiger partial charge is 0.191 e. The van der Waals surface area contributed by atoms with Crippen LogP contribution < -0.4 is 20.1 Å². The van der Waals surface area contributed by atoms with Crippen LogP contribution in [0.4, 0.5) is 0 Å². The lowest BCUT2D eigenvalue weighted by molar-refractivity contribution is 0.254. The van der Waals surface area contributed by atoms with Crippen molar-refractivity contribution in [3.8, 4) is 11.5 Å². The van der Waals surface area contributed by atoms with Crippen molar-refractivity contribution in [2.45, 2.75) is 53.3 Å². The molecule has 154 valence electrons. The van der Waals surface area contributed by atoms with Crippen molar-refractivity contribution in [3.05, 3.63) is 39.3 Å². The van der Waals surface area contributed by atoms with Crippen LogP contribution in [-0.4, -0.2) is 30.2 Å². The van der Waals surface area contributed by atoms with Crippen LogP contribution in [0.25, 0.3) is 0 Å². The third kappa shape index (κ3) is 5.97. The molecule has 28 heavy (non-hydrogen) atoms. The highest BCUT2D eigenvalue weighted by Gasteiger charge is 2.21. The molecule has 1 aromatic carbocycles. The molecule has 0 fully saturated rings. The fourth-order valence-corrected chi connectivity index (χ4v) is 3.79. The van der Waals surface area contributed by atoms with Gasteiger partial charge in [0.1, 0.15) is 17.6 Å².